The van der Waals surface area contributed by atoms with E-state index < -0.39 is 0 Å². The average molecular weight is 191 g/mol. The lowest BCUT2D eigenvalue weighted by atomic mass is 9.94. The Bertz CT molecular complexity index is 271. The van der Waals surface area contributed by atoms with E-state index >= 15 is 0 Å². The summed E-state index contributed by atoms with van der Waals surface area (Å²) >= 11 is 0. The topological polar surface area (TPSA) is 40.7 Å². The molecule has 3 heteroatoms. The van der Waals surface area contributed by atoms with Crippen LogP contribution in [0.1, 0.15) is 25.0 Å². The van der Waals surface area contributed by atoms with Crippen LogP contribution in [-0.2, 0) is 0 Å². The van der Waals surface area contributed by atoms with Crippen molar-refractivity contribution in [3.63, 3.8) is 0 Å². The average Bonchev–Trinajstić information content (AvgIpc) is 2.72. The summed E-state index contributed by atoms with van der Waals surface area (Å²) in [5, 5.41) is 3.38. The molecule has 2 rings (SSSR count). The van der Waals surface area contributed by atoms with E-state index in [2.05, 4.69) is 27.4 Å². The van der Waals surface area contributed by atoms with Crippen LogP contribution in [0.5, 0.6) is 0 Å². The van der Waals surface area contributed by atoms with Gasteiger partial charge in [0.25, 0.3) is 0 Å². The van der Waals surface area contributed by atoms with Crippen LogP contribution in [0, 0.1) is 5.92 Å². The smallest absolute Gasteiger partial charge is 0.0927 e. The van der Waals surface area contributed by atoms with Crippen LogP contribution >= 0.6 is 0 Å². The van der Waals surface area contributed by atoms with E-state index in [-0.39, 0.29) is 0 Å². The molecule has 0 unspecified atom stereocenters. The van der Waals surface area contributed by atoms with Crippen LogP contribution in [-0.4, -0.2) is 23.1 Å². The molecule has 1 aliphatic rings. The van der Waals surface area contributed by atoms with Crippen molar-refractivity contribution >= 4 is 6.08 Å². The first-order valence-corrected chi connectivity index (χ1v) is 5.31. The summed E-state index contributed by atoms with van der Waals surface area (Å²) in [4.78, 5) is 7.09. The Balaban J connectivity index is 1.76. The molecule has 0 atom stereocenters. The van der Waals surface area contributed by atoms with Gasteiger partial charge >= 0.3 is 0 Å². The lowest BCUT2D eigenvalue weighted by Crippen LogP contribution is -2.27. The van der Waals surface area contributed by atoms with Gasteiger partial charge in [-0.25, -0.2) is 4.98 Å². The number of allylic oxidation sites excluding steroid dienone is 1. The zero-order valence-corrected chi connectivity index (χ0v) is 8.37. The third kappa shape index (κ3) is 2.70. The number of aromatic nitrogens is 2. The molecule has 14 heavy (non-hydrogen) atoms. The van der Waals surface area contributed by atoms with Crippen molar-refractivity contribution in [2.45, 2.75) is 19.3 Å². The van der Waals surface area contributed by atoms with Crippen LogP contribution < -0.4 is 5.32 Å². The highest BCUT2D eigenvalue weighted by molar-refractivity contribution is 5.42. The number of aromatic amines is 1. The monoisotopic (exact) mass is 191 g/mol. The van der Waals surface area contributed by atoms with Crippen molar-refractivity contribution in [3.8, 4) is 0 Å². The van der Waals surface area contributed by atoms with Gasteiger partial charge in [-0.15, -0.1) is 0 Å². The molecule has 1 aliphatic heterocycles. The number of hydrogen-bond donors (Lipinski definition) is 2. The Labute approximate surface area is 84.6 Å². The Morgan fingerprint density at radius 2 is 2.29 bits per heavy atom. The summed E-state index contributed by atoms with van der Waals surface area (Å²) in [5.74, 6) is 0.867. The Morgan fingerprint density at radius 3 is 3.00 bits per heavy atom. The Hall–Kier alpha value is -1.09. The molecule has 0 spiro atoms. The molecule has 2 heterocycles. The minimum absolute atomic E-state index is 0.867. The van der Waals surface area contributed by atoms with Gasteiger partial charge < -0.3 is 10.3 Å². The number of nitrogens with zero attached hydrogens (tertiary/aromatic N) is 1. The minimum atomic E-state index is 0.867. The number of piperidine rings is 1. The largest absolute Gasteiger partial charge is 0.351 e. The van der Waals surface area contributed by atoms with Gasteiger partial charge in [0, 0.05) is 6.20 Å². The molecular weight excluding hydrogens is 174 g/mol. The zero-order valence-electron chi connectivity index (χ0n) is 8.37. The predicted molar refractivity (Wildman–Crippen MR) is 57.8 cm³/mol. The molecule has 0 saturated carbocycles. The quantitative estimate of drug-likeness (QED) is 0.765. The van der Waals surface area contributed by atoms with Gasteiger partial charge in [-0.1, -0.05) is 6.08 Å². The van der Waals surface area contributed by atoms with Gasteiger partial charge in [-0.3, -0.25) is 0 Å². The normalized spacial score (nSPS) is 19.1. The number of rotatable bonds is 3. The molecular formula is C11H17N3. The van der Waals surface area contributed by atoms with Crippen LogP contribution in [0.25, 0.3) is 6.08 Å². The lowest BCUT2D eigenvalue weighted by molar-refractivity contribution is 0.378. The maximum atomic E-state index is 4.14. The molecule has 76 valence electrons. The minimum Gasteiger partial charge on any atom is -0.351 e. The summed E-state index contributed by atoms with van der Waals surface area (Å²) in [6, 6.07) is 0. The summed E-state index contributed by atoms with van der Waals surface area (Å²) in [5.41, 5.74) is 1.03. The molecule has 3 nitrogen and oxygen atoms in total. The highest BCUT2D eigenvalue weighted by Crippen LogP contribution is 2.16. The maximum Gasteiger partial charge on any atom is 0.0927 e. The van der Waals surface area contributed by atoms with E-state index in [1.165, 1.54) is 32.4 Å². The molecule has 1 aromatic heterocycles. The Morgan fingerprint density at radius 1 is 1.43 bits per heavy atom. The molecule has 1 aromatic rings. The fourth-order valence-corrected chi connectivity index (χ4v) is 1.86. The summed E-state index contributed by atoms with van der Waals surface area (Å²) in [6.45, 7) is 2.36. The standard InChI is InChI=1S/C11H17N3/c1(3-11-8-13-9-14-11)2-10-4-6-12-7-5-10/h1,3,8-10,12H,2,4-7H2,(H,13,14). The van der Waals surface area contributed by atoms with Crippen molar-refractivity contribution in [1.82, 2.24) is 15.3 Å². The van der Waals surface area contributed by atoms with Gasteiger partial charge in [-0.05, 0) is 44.3 Å². The van der Waals surface area contributed by atoms with Crippen molar-refractivity contribution in [3.05, 3.63) is 24.3 Å². The Kier molecular flexibility index (Phi) is 3.35. The number of nitrogens with one attached hydrogen (secondary N) is 2. The highest BCUT2D eigenvalue weighted by Gasteiger charge is 2.10. The first-order valence-electron chi connectivity index (χ1n) is 5.31. The van der Waals surface area contributed by atoms with Gasteiger partial charge in [0.2, 0.25) is 0 Å². The first kappa shape index (κ1) is 9.46. The highest BCUT2D eigenvalue weighted by atomic mass is 14.9. The molecule has 2 N–H and O–H groups in total. The lowest BCUT2D eigenvalue weighted by Gasteiger charge is -2.20. The van der Waals surface area contributed by atoms with Crippen LogP contribution in [0.4, 0.5) is 0 Å². The SMILES string of the molecule is C(=Cc1c[nH]cn1)CC1CCNCC1. The van der Waals surface area contributed by atoms with Crippen molar-refractivity contribution in [2.24, 2.45) is 5.92 Å². The second-order valence-corrected chi connectivity index (χ2v) is 3.83. The third-order valence-electron chi connectivity index (χ3n) is 2.74. The first-order chi connectivity index (χ1) is 6.95. The number of H-pyrrole nitrogens is 1. The zero-order chi connectivity index (χ0) is 9.64. The summed E-state index contributed by atoms with van der Waals surface area (Å²) in [6.07, 6.45) is 11.8. The van der Waals surface area contributed by atoms with Crippen molar-refractivity contribution in [1.29, 1.82) is 0 Å². The molecule has 0 radical (unpaired) electrons. The van der Waals surface area contributed by atoms with E-state index in [0.29, 0.717) is 0 Å². The second kappa shape index (κ2) is 4.96. The van der Waals surface area contributed by atoms with E-state index in [9.17, 15) is 0 Å². The second-order valence-electron chi connectivity index (χ2n) is 3.83. The predicted octanol–water partition coefficient (Wildman–Crippen LogP) is 1.81. The molecule has 0 aliphatic carbocycles. The van der Waals surface area contributed by atoms with Crippen molar-refractivity contribution < 1.29 is 0 Å². The maximum absolute atomic E-state index is 4.14. The van der Waals surface area contributed by atoms with Gasteiger partial charge in [-0.2, -0.15) is 0 Å². The number of hydrogen-bond acceptors (Lipinski definition) is 2. The van der Waals surface area contributed by atoms with Crippen LogP contribution in [0.2, 0.25) is 0 Å². The van der Waals surface area contributed by atoms with E-state index in [4.69, 9.17) is 0 Å². The molecule has 0 aromatic carbocycles. The fraction of sp³-hybridized carbons (Fsp3) is 0.545. The molecule has 0 amide bonds. The van der Waals surface area contributed by atoms with Crippen molar-refractivity contribution in [2.75, 3.05) is 13.1 Å². The third-order valence-corrected chi connectivity index (χ3v) is 2.74. The van der Waals surface area contributed by atoms with Gasteiger partial charge in [0.15, 0.2) is 0 Å². The fourth-order valence-electron chi connectivity index (χ4n) is 1.86. The summed E-state index contributed by atoms with van der Waals surface area (Å²) in [7, 11) is 0. The van der Waals surface area contributed by atoms with E-state index in [1.54, 1.807) is 6.33 Å². The van der Waals surface area contributed by atoms with Gasteiger partial charge in [0.05, 0.1) is 12.0 Å². The van der Waals surface area contributed by atoms with Crippen LogP contribution in [0.3, 0.4) is 0 Å². The van der Waals surface area contributed by atoms with Crippen LogP contribution in [0.15, 0.2) is 18.6 Å². The van der Waals surface area contributed by atoms with Gasteiger partial charge in [0.1, 0.15) is 0 Å². The molecule has 1 fully saturated rings. The van der Waals surface area contributed by atoms with E-state index in [1.807, 2.05) is 6.20 Å². The molecule has 1 saturated heterocycles. The summed E-state index contributed by atoms with van der Waals surface area (Å²) < 4.78 is 0. The number of imidazole rings is 1. The van der Waals surface area contributed by atoms with E-state index in [0.717, 1.165) is 11.6 Å². The molecule has 0 bridgehead atoms.